The van der Waals surface area contributed by atoms with Crippen molar-refractivity contribution in [1.29, 1.82) is 0 Å². The van der Waals surface area contributed by atoms with Gasteiger partial charge in [0, 0.05) is 42.7 Å². The Labute approximate surface area is 179 Å². The Morgan fingerprint density at radius 3 is 2.23 bits per heavy atom. The maximum Gasteiger partial charge on any atom is 0.276 e. The smallest absolute Gasteiger partial charge is 0.276 e. The van der Waals surface area contributed by atoms with Gasteiger partial charge in [-0.05, 0) is 42.0 Å². The van der Waals surface area contributed by atoms with Crippen LogP contribution in [0, 0.1) is 22.0 Å². The Balaban J connectivity index is 1.22. The van der Waals surface area contributed by atoms with E-state index in [0.717, 1.165) is 18.8 Å². The lowest BCUT2D eigenvalue weighted by Crippen LogP contribution is -2.24. The van der Waals surface area contributed by atoms with Gasteiger partial charge in [0.15, 0.2) is 0 Å². The first kappa shape index (κ1) is 19.7. The van der Waals surface area contributed by atoms with Gasteiger partial charge in [-0.25, -0.2) is 4.83 Å². The van der Waals surface area contributed by atoms with E-state index in [1.807, 2.05) is 12.1 Å². The Kier molecular flexibility index (Phi) is 4.75. The third kappa shape index (κ3) is 3.68. The van der Waals surface area contributed by atoms with Crippen molar-refractivity contribution in [2.75, 3.05) is 18.0 Å². The second kappa shape index (κ2) is 7.47. The molecule has 2 fully saturated rings. The lowest BCUT2D eigenvalue weighted by molar-refractivity contribution is -0.384. The zero-order chi connectivity index (χ0) is 21.6. The van der Waals surface area contributed by atoms with E-state index in [-0.39, 0.29) is 22.8 Å². The molecule has 0 radical (unpaired) electrons. The highest BCUT2D eigenvalue weighted by Gasteiger charge is 2.50. The van der Waals surface area contributed by atoms with Crippen LogP contribution in [-0.2, 0) is 14.8 Å². The molecule has 5 rings (SSSR count). The van der Waals surface area contributed by atoms with Crippen LogP contribution < -0.4 is 9.73 Å². The Bertz CT molecular complexity index is 1140. The molecule has 4 atom stereocenters. The van der Waals surface area contributed by atoms with E-state index in [9.17, 15) is 18.5 Å². The number of fused-ring (bicyclic) bond motifs is 5. The third-order valence-corrected chi connectivity index (χ3v) is 7.30. The summed E-state index contributed by atoms with van der Waals surface area (Å²) < 4.78 is 30.9. The van der Waals surface area contributed by atoms with E-state index < -0.39 is 14.9 Å². The van der Waals surface area contributed by atoms with Crippen LogP contribution in [-0.4, -0.2) is 44.9 Å². The molecule has 10 heteroatoms. The van der Waals surface area contributed by atoms with Crippen molar-refractivity contribution in [3.63, 3.8) is 0 Å². The number of nitro benzene ring substituents is 1. The van der Waals surface area contributed by atoms with Crippen LogP contribution in [0.25, 0.3) is 0 Å². The topological polar surface area (TPSA) is 114 Å². The molecule has 1 N–H and O–H groups in total. The molecule has 2 unspecified atom stereocenters. The number of hydrazone groups is 1. The van der Waals surface area contributed by atoms with Crippen molar-refractivity contribution >= 4 is 27.6 Å². The number of hydrogen-bond acceptors (Lipinski definition) is 7. The molecule has 3 heterocycles. The lowest BCUT2D eigenvalue weighted by Gasteiger charge is -2.21. The highest BCUT2D eigenvalue weighted by Crippen LogP contribution is 2.44. The number of ether oxygens (including phenoxy) is 1. The second-order valence-electron chi connectivity index (χ2n) is 7.88. The van der Waals surface area contributed by atoms with Crippen molar-refractivity contribution in [3.05, 3.63) is 76.4 Å². The lowest BCUT2D eigenvalue weighted by atomic mass is 9.86. The van der Waals surface area contributed by atoms with Gasteiger partial charge < -0.3 is 9.64 Å². The van der Waals surface area contributed by atoms with Gasteiger partial charge in [0.2, 0.25) is 0 Å². The molecule has 0 amide bonds. The summed E-state index contributed by atoms with van der Waals surface area (Å²) in [6.07, 6.45) is 6.00. The average Bonchev–Trinajstić information content (AvgIpc) is 3.48. The first-order valence-corrected chi connectivity index (χ1v) is 11.4. The van der Waals surface area contributed by atoms with Gasteiger partial charge in [-0.3, -0.25) is 10.1 Å². The number of nitro groups is 1. The van der Waals surface area contributed by atoms with E-state index in [1.54, 1.807) is 12.1 Å². The molecule has 0 aromatic heterocycles. The molecule has 2 saturated heterocycles. The quantitative estimate of drug-likeness (QED) is 0.319. The van der Waals surface area contributed by atoms with Crippen LogP contribution in [0.1, 0.15) is 5.56 Å². The van der Waals surface area contributed by atoms with Crippen molar-refractivity contribution in [2.45, 2.75) is 17.1 Å². The molecule has 3 aliphatic rings. The minimum Gasteiger partial charge on any atom is -0.371 e. The maximum atomic E-state index is 12.5. The Hall–Kier alpha value is -3.24. The van der Waals surface area contributed by atoms with Crippen LogP contribution >= 0.6 is 0 Å². The fourth-order valence-electron chi connectivity index (χ4n) is 4.48. The van der Waals surface area contributed by atoms with Crippen molar-refractivity contribution in [2.24, 2.45) is 16.9 Å². The number of benzene rings is 2. The number of nitrogens with zero attached hydrogens (tertiary/aromatic N) is 3. The summed E-state index contributed by atoms with van der Waals surface area (Å²) in [5, 5.41) is 14.4. The standard InChI is InChI=1S/C21H20N4O5S/c26-25(27)16-3-1-14(2-4-16)11-22-23-31(28,29)17-7-5-15(6-8-17)24-12-18-19(13-24)21-10-9-20(18)30-21/h1-11,18-21,23H,12-13H2/b22-11+/t18-,19+,20?,21?. The van der Waals surface area contributed by atoms with Gasteiger partial charge in [-0.2, -0.15) is 13.5 Å². The molecule has 160 valence electrons. The molecule has 2 aromatic carbocycles. The summed E-state index contributed by atoms with van der Waals surface area (Å²) >= 11 is 0. The number of nitrogens with one attached hydrogen (secondary N) is 1. The highest BCUT2D eigenvalue weighted by atomic mass is 32.2. The number of hydrogen-bond donors (Lipinski definition) is 1. The molecular weight excluding hydrogens is 420 g/mol. The third-order valence-electron chi connectivity index (χ3n) is 6.06. The van der Waals surface area contributed by atoms with Gasteiger partial charge in [0.05, 0.1) is 28.2 Å². The van der Waals surface area contributed by atoms with Gasteiger partial charge in [-0.1, -0.05) is 12.2 Å². The SMILES string of the molecule is O=[N+]([O-])c1ccc(/C=N/NS(=O)(=O)c2ccc(N3C[C@@H]4C5C=CC(O5)[C@@H]4C3)cc2)cc1. The Morgan fingerprint density at radius 1 is 1.03 bits per heavy atom. The first-order valence-electron chi connectivity index (χ1n) is 9.89. The van der Waals surface area contributed by atoms with Crippen molar-refractivity contribution in [3.8, 4) is 0 Å². The van der Waals surface area contributed by atoms with E-state index >= 15 is 0 Å². The zero-order valence-corrected chi connectivity index (χ0v) is 17.2. The van der Waals surface area contributed by atoms with Gasteiger partial charge in [-0.15, -0.1) is 0 Å². The molecule has 9 nitrogen and oxygen atoms in total. The van der Waals surface area contributed by atoms with Gasteiger partial charge >= 0.3 is 0 Å². The predicted octanol–water partition coefficient (Wildman–Crippen LogP) is 2.30. The normalized spacial score (nSPS) is 26.5. The molecular formula is C21H20N4O5S. The molecule has 0 aliphatic carbocycles. The van der Waals surface area contributed by atoms with Crippen molar-refractivity contribution < 1.29 is 18.1 Å². The predicted molar refractivity (Wildman–Crippen MR) is 114 cm³/mol. The Morgan fingerprint density at radius 2 is 1.65 bits per heavy atom. The summed E-state index contributed by atoms with van der Waals surface area (Å²) in [5.74, 6) is 0.989. The maximum absolute atomic E-state index is 12.5. The summed E-state index contributed by atoms with van der Waals surface area (Å²) in [5.41, 5.74) is 1.48. The van der Waals surface area contributed by atoms with Gasteiger partial charge in [0.1, 0.15) is 0 Å². The first-order chi connectivity index (χ1) is 14.9. The minimum atomic E-state index is -3.82. The van der Waals surface area contributed by atoms with Crippen LogP contribution in [0.15, 0.2) is 70.7 Å². The van der Waals surface area contributed by atoms with E-state index in [2.05, 4.69) is 27.0 Å². The largest absolute Gasteiger partial charge is 0.371 e. The molecule has 2 bridgehead atoms. The minimum absolute atomic E-state index is 0.0455. The number of sulfonamides is 1. The second-order valence-corrected chi connectivity index (χ2v) is 9.54. The molecule has 0 saturated carbocycles. The van der Waals surface area contributed by atoms with Crippen LogP contribution in [0.5, 0.6) is 0 Å². The fraction of sp³-hybridized carbons (Fsp3) is 0.286. The van der Waals surface area contributed by atoms with Gasteiger partial charge in [0.25, 0.3) is 15.7 Å². The molecule has 2 aromatic rings. The number of rotatable bonds is 6. The number of non-ortho nitro benzene ring substituents is 1. The van der Waals surface area contributed by atoms with Crippen LogP contribution in [0.3, 0.4) is 0 Å². The van der Waals surface area contributed by atoms with E-state index in [0.29, 0.717) is 17.4 Å². The average molecular weight is 440 g/mol. The summed E-state index contributed by atoms with van der Waals surface area (Å²) in [6.45, 7) is 1.81. The van der Waals surface area contributed by atoms with Crippen LogP contribution in [0.4, 0.5) is 11.4 Å². The van der Waals surface area contributed by atoms with E-state index in [1.165, 1.54) is 30.5 Å². The number of anilines is 1. The van der Waals surface area contributed by atoms with E-state index in [4.69, 9.17) is 4.74 Å². The van der Waals surface area contributed by atoms with Crippen molar-refractivity contribution in [1.82, 2.24) is 4.83 Å². The van der Waals surface area contributed by atoms with Crippen LogP contribution in [0.2, 0.25) is 0 Å². The highest BCUT2D eigenvalue weighted by molar-refractivity contribution is 7.89. The molecule has 0 spiro atoms. The summed E-state index contributed by atoms with van der Waals surface area (Å²) in [6, 6.07) is 12.4. The molecule has 3 aliphatic heterocycles. The monoisotopic (exact) mass is 440 g/mol. The summed E-state index contributed by atoms with van der Waals surface area (Å²) in [7, 11) is -3.82. The fourth-order valence-corrected chi connectivity index (χ4v) is 5.27. The zero-order valence-electron chi connectivity index (χ0n) is 16.4. The summed E-state index contributed by atoms with van der Waals surface area (Å²) in [4.78, 5) is 14.7. The molecule has 31 heavy (non-hydrogen) atoms.